The van der Waals surface area contributed by atoms with Crippen LogP contribution in [0.15, 0.2) is 6.07 Å². The molecule has 96 valence electrons. The topological polar surface area (TPSA) is 64.3 Å². The number of nitrogens with two attached hydrogens (primary N) is 1. The Balaban J connectivity index is 2.95. The molecule has 0 saturated carbocycles. The van der Waals surface area contributed by atoms with Crippen LogP contribution in [0.4, 0.5) is 5.95 Å². The fourth-order valence-electron chi connectivity index (χ4n) is 1.64. The molecule has 0 bridgehead atoms. The molecule has 0 fully saturated rings. The molecule has 1 aromatic heterocycles. The molecule has 0 unspecified atom stereocenters. The van der Waals surface area contributed by atoms with Crippen molar-refractivity contribution in [3.05, 3.63) is 11.8 Å². The van der Waals surface area contributed by atoms with Crippen molar-refractivity contribution >= 4 is 5.95 Å². The van der Waals surface area contributed by atoms with E-state index in [2.05, 4.69) is 28.7 Å². The van der Waals surface area contributed by atoms with E-state index < -0.39 is 0 Å². The molecule has 0 atom stereocenters. The molecule has 1 rings (SSSR count). The van der Waals surface area contributed by atoms with Crippen molar-refractivity contribution in [3.8, 4) is 5.88 Å². The fraction of sp³-hybridized carbons (Fsp3) is 0.667. The summed E-state index contributed by atoms with van der Waals surface area (Å²) in [4.78, 5) is 10.9. The number of anilines is 1. The molecule has 0 aliphatic carbocycles. The van der Waals surface area contributed by atoms with Gasteiger partial charge < -0.3 is 15.4 Å². The van der Waals surface area contributed by atoms with Crippen LogP contribution in [0.3, 0.4) is 0 Å². The Kier molecular flexibility index (Phi) is 5.15. The Bertz CT molecular complexity index is 354. The fourth-order valence-corrected chi connectivity index (χ4v) is 1.64. The van der Waals surface area contributed by atoms with Gasteiger partial charge in [-0.2, -0.15) is 4.98 Å². The van der Waals surface area contributed by atoms with Gasteiger partial charge in [0.15, 0.2) is 0 Å². The van der Waals surface area contributed by atoms with Crippen LogP contribution in [-0.4, -0.2) is 36.7 Å². The summed E-state index contributed by atoms with van der Waals surface area (Å²) in [7, 11) is 1.61. The van der Waals surface area contributed by atoms with Crippen molar-refractivity contribution < 1.29 is 4.74 Å². The molecule has 0 aliphatic rings. The number of rotatable bonds is 6. The maximum Gasteiger partial charge on any atom is 0.228 e. The second-order valence-electron chi connectivity index (χ2n) is 4.48. The molecule has 5 heteroatoms. The standard InChI is InChI=1S/C12H22N4O/c1-9(2)8-16(6-5-13)12-14-10(3)7-11(15-12)17-4/h7,9H,5-6,8,13H2,1-4H3. The van der Waals surface area contributed by atoms with Gasteiger partial charge in [0.1, 0.15) is 0 Å². The lowest BCUT2D eigenvalue weighted by Gasteiger charge is -2.24. The van der Waals surface area contributed by atoms with E-state index >= 15 is 0 Å². The summed E-state index contributed by atoms with van der Waals surface area (Å²) in [6.45, 7) is 8.50. The van der Waals surface area contributed by atoms with Crippen LogP contribution in [0, 0.1) is 12.8 Å². The molecule has 17 heavy (non-hydrogen) atoms. The molecule has 0 aliphatic heterocycles. The summed E-state index contributed by atoms with van der Waals surface area (Å²) in [5.74, 6) is 1.83. The van der Waals surface area contributed by atoms with Crippen LogP contribution < -0.4 is 15.4 Å². The molecular weight excluding hydrogens is 216 g/mol. The summed E-state index contributed by atoms with van der Waals surface area (Å²) in [6, 6.07) is 1.82. The summed E-state index contributed by atoms with van der Waals surface area (Å²) >= 11 is 0. The van der Waals surface area contributed by atoms with E-state index in [1.807, 2.05) is 13.0 Å². The van der Waals surface area contributed by atoms with Crippen molar-refractivity contribution in [2.24, 2.45) is 11.7 Å². The molecule has 5 nitrogen and oxygen atoms in total. The van der Waals surface area contributed by atoms with Gasteiger partial charge in [-0.15, -0.1) is 0 Å². The van der Waals surface area contributed by atoms with Gasteiger partial charge in [-0.05, 0) is 12.8 Å². The van der Waals surface area contributed by atoms with Gasteiger partial charge >= 0.3 is 0 Å². The van der Waals surface area contributed by atoms with E-state index in [9.17, 15) is 0 Å². The predicted molar refractivity (Wildman–Crippen MR) is 69.4 cm³/mol. The van der Waals surface area contributed by atoms with Crippen molar-refractivity contribution in [2.75, 3.05) is 31.6 Å². The maximum atomic E-state index is 5.62. The Labute approximate surface area is 103 Å². The first kappa shape index (κ1) is 13.7. The van der Waals surface area contributed by atoms with Gasteiger partial charge in [0, 0.05) is 31.4 Å². The van der Waals surface area contributed by atoms with Crippen molar-refractivity contribution in [3.63, 3.8) is 0 Å². The predicted octanol–water partition coefficient (Wildman–Crippen LogP) is 1.21. The Morgan fingerprint density at radius 2 is 2.12 bits per heavy atom. The van der Waals surface area contributed by atoms with E-state index in [4.69, 9.17) is 10.5 Å². The smallest absolute Gasteiger partial charge is 0.228 e. The minimum atomic E-state index is 0.539. The highest BCUT2D eigenvalue weighted by Crippen LogP contribution is 2.15. The quantitative estimate of drug-likeness (QED) is 0.807. The van der Waals surface area contributed by atoms with Crippen LogP contribution in [0.1, 0.15) is 19.5 Å². The normalized spacial score (nSPS) is 10.7. The highest BCUT2D eigenvalue weighted by molar-refractivity contribution is 5.34. The maximum absolute atomic E-state index is 5.62. The number of methoxy groups -OCH3 is 1. The molecular formula is C12H22N4O. The third-order valence-corrected chi connectivity index (χ3v) is 2.30. The molecule has 2 N–H and O–H groups in total. The third kappa shape index (κ3) is 4.19. The molecule has 0 saturated heterocycles. The zero-order valence-corrected chi connectivity index (χ0v) is 11.1. The van der Waals surface area contributed by atoms with E-state index in [0.29, 0.717) is 24.3 Å². The number of hydrogen-bond donors (Lipinski definition) is 1. The Morgan fingerprint density at radius 3 is 2.65 bits per heavy atom. The summed E-state index contributed by atoms with van der Waals surface area (Å²) in [5, 5.41) is 0. The molecule has 1 heterocycles. The zero-order valence-electron chi connectivity index (χ0n) is 11.1. The molecule has 0 spiro atoms. The highest BCUT2D eigenvalue weighted by Gasteiger charge is 2.12. The van der Waals surface area contributed by atoms with Crippen molar-refractivity contribution in [1.29, 1.82) is 0 Å². The minimum Gasteiger partial charge on any atom is -0.481 e. The van der Waals surface area contributed by atoms with Gasteiger partial charge in [0.05, 0.1) is 7.11 Å². The monoisotopic (exact) mass is 238 g/mol. The van der Waals surface area contributed by atoms with Crippen LogP contribution in [0.25, 0.3) is 0 Å². The lowest BCUT2D eigenvalue weighted by molar-refractivity contribution is 0.395. The SMILES string of the molecule is COc1cc(C)nc(N(CCN)CC(C)C)n1. The summed E-state index contributed by atoms with van der Waals surface area (Å²) in [6.07, 6.45) is 0. The van der Waals surface area contributed by atoms with E-state index in [-0.39, 0.29) is 0 Å². The Morgan fingerprint density at radius 1 is 1.41 bits per heavy atom. The minimum absolute atomic E-state index is 0.539. The lowest BCUT2D eigenvalue weighted by Crippen LogP contribution is -2.34. The number of aryl methyl sites for hydroxylation is 1. The van der Waals surface area contributed by atoms with Crippen molar-refractivity contribution in [1.82, 2.24) is 9.97 Å². The molecule has 0 aromatic carbocycles. The second kappa shape index (κ2) is 6.39. The van der Waals surface area contributed by atoms with E-state index in [1.165, 1.54) is 0 Å². The van der Waals surface area contributed by atoms with E-state index in [0.717, 1.165) is 18.8 Å². The third-order valence-electron chi connectivity index (χ3n) is 2.30. The lowest BCUT2D eigenvalue weighted by atomic mass is 10.2. The van der Waals surface area contributed by atoms with Crippen LogP contribution >= 0.6 is 0 Å². The molecule has 0 radical (unpaired) electrons. The van der Waals surface area contributed by atoms with Gasteiger partial charge in [-0.25, -0.2) is 4.98 Å². The highest BCUT2D eigenvalue weighted by atomic mass is 16.5. The average Bonchev–Trinajstić information content (AvgIpc) is 2.27. The first-order valence-electron chi connectivity index (χ1n) is 5.91. The number of nitrogens with zero attached hydrogens (tertiary/aromatic N) is 3. The van der Waals surface area contributed by atoms with Crippen LogP contribution in [0.2, 0.25) is 0 Å². The number of hydrogen-bond acceptors (Lipinski definition) is 5. The van der Waals surface area contributed by atoms with Gasteiger partial charge in [-0.3, -0.25) is 0 Å². The van der Waals surface area contributed by atoms with Crippen LogP contribution in [-0.2, 0) is 0 Å². The van der Waals surface area contributed by atoms with Gasteiger partial charge in [0.25, 0.3) is 0 Å². The van der Waals surface area contributed by atoms with Crippen LogP contribution in [0.5, 0.6) is 5.88 Å². The largest absolute Gasteiger partial charge is 0.481 e. The molecule has 0 amide bonds. The number of aromatic nitrogens is 2. The average molecular weight is 238 g/mol. The van der Waals surface area contributed by atoms with E-state index in [1.54, 1.807) is 7.11 Å². The number of ether oxygens (including phenoxy) is 1. The first-order chi connectivity index (χ1) is 8.06. The van der Waals surface area contributed by atoms with Crippen molar-refractivity contribution in [2.45, 2.75) is 20.8 Å². The molecule has 1 aromatic rings. The summed E-state index contributed by atoms with van der Waals surface area (Å²) < 4.78 is 5.16. The summed E-state index contributed by atoms with van der Waals surface area (Å²) in [5.41, 5.74) is 6.52. The first-order valence-corrected chi connectivity index (χ1v) is 5.91. The van der Waals surface area contributed by atoms with Gasteiger partial charge in [0.2, 0.25) is 11.8 Å². The zero-order chi connectivity index (χ0) is 12.8. The Hall–Kier alpha value is -1.36. The second-order valence-corrected chi connectivity index (χ2v) is 4.48. The van der Waals surface area contributed by atoms with Gasteiger partial charge in [-0.1, -0.05) is 13.8 Å².